The van der Waals surface area contributed by atoms with E-state index in [9.17, 15) is 19.5 Å². The summed E-state index contributed by atoms with van der Waals surface area (Å²) in [4.78, 5) is 38.9. The van der Waals surface area contributed by atoms with Gasteiger partial charge in [0.05, 0.1) is 10.8 Å². The van der Waals surface area contributed by atoms with Crippen LogP contribution in [0.25, 0.3) is 28.0 Å². The summed E-state index contributed by atoms with van der Waals surface area (Å²) in [5.41, 5.74) is 2.03. The van der Waals surface area contributed by atoms with Gasteiger partial charge in [-0.3, -0.25) is 28.2 Å². The fourth-order valence-electron chi connectivity index (χ4n) is 6.54. The van der Waals surface area contributed by atoms with Crippen LogP contribution in [-0.2, 0) is 4.79 Å². The lowest BCUT2D eigenvalue weighted by Gasteiger charge is -2.43. The van der Waals surface area contributed by atoms with Crippen molar-refractivity contribution in [3.05, 3.63) is 113 Å². The summed E-state index contributed by atoms with van der Waals surface area (Å²) in [7, 11) is 17.1. The van der Waals surface area contributed by atoms with Gasteiger partial charge in [-0.25, -0.2) is 19.1 Å². The van der Waals surface area contributed by atoms with Crippen molar-refractivity contribution in [1.82, 2.24) is 32.9 Å². The van der Waals surface area contributed by atoms with Crippen LogP contribution in [0.2, 0.25) is 0 Å². The Bertz CT molecular complexity index is 2470. The number of hydrogen-bond donors (Lipinski definition) is 1. The van der Waals surface area contributed by atoms with Crippen molar-refractivity contribution >= 4 is 54.9 Å². The first-order valence-electron chi connectivity index (χ1n) is 20.5. The first-order valence-corrected chi connectivity index (χ1v) is 23.8. The maximum absolute atomic E-state index is 12.4. The normalized spacial score (nSPS) is 13.0. The maximum atomic E-state index is 12.4. The summed E-state index contributed by atoms with van der Waals surface area (Å²) in [6.45, 7) is 14.1. The van der Waals surface area contributed by atoms with Crippen molar-refractivity contribution in [1.29, 1.82) is 0 Å². The fraction of sp³-hybridized carbons (Fsp3) is 0.435. The quantitative estimate of drug-likeness (QED) is 0.0844. The number of allylic oxidation sites excluding steroid dienone is 1. The zero-order valence-electron chi connectivity index (χ0n) is 40.2. The summed E-state index contributed by atoms with van der Waals surface area (Å²) in [5, 5.41) is 11.8. The van der Waals surface area contributed by atoms with Gasteiger partial charge in [0, 0.05) is 30.4 Å². The summed E-state index contributed by atoms with van der Waals surface area (Å²) >= 11 is 0. The minimum absolute atomic E-state index is 0.0353. The van der Waals surface area contributed by atoms with E-state index in [1.54, 1.807) is 60.9 Å². The Kier molecular flexibility index (Phi) is 18.2. The highest BCUT2D eigenvalue weighted by molar-refractivity contribution is 7.69. The Morgan fingerprint density at radius 2 is 1.37 bits per heavy atom. The smallest absolute Gasteiger partial charge is 0.356 e. The molecular formula is C46H69N9O6P2. The van der Waals surface area contributed by atoms with Gasteiger partial charge in [-0.05, 0) is 166 Å². The number of ether oxygens (including phenoxy) is 1. The average molecular weight is 906 g/mol. The topological polar surface area (TPSA) is 157 Å². The highest BCUT2D eigenvalue weighted by Gasteiger charge is 2.41. The van der Waals surface area contributed by atoms with Crippen LogP contribution < -0.4 is 20.0 Å². The highest BCUT2D eigenvalue weighted by atomic mass is 31.2. The van der Waals surface area contributed by atoms with Crippen LogP contribution in [0.3, 0.4) is 0 Å². The molecule has 344 valence electrons. The van der Waals surface area contributed by atoms with Crippen molar-refractivity contribution in [2.75, 3.05) is 70.5 Å². The average Bonchev–Trinajstić information content (AvgIpc) is 3.73. The maximum Gasteiger partial charge on any atom is 0.356 e. The lowest BCUT2D eigenvalue weighted by atomic mass is 9.99. The molecule has 0 aliphatic heterocycles. The van der Waals surface area contributed by atoms with E-state index in [2.05, 4.69) is 124 Å². The molecule has 63 heavy (non-hydrogen) atoms. The molecule has 0 spiro atoms. The Balaban J connectivity index is 0.000000252. The summed E-state index contributed by atoms with van der Waals surface area (Å²) in [6.07, 6.45) is 7.95. The molecule has 1 N–H and O–H groups in total. The van der Waals surface area contributed by atoms with Gasteiger partial charge in [-0.15, -0.1) is 0 Å². The standard InChI is InChI=1S/C16H18N2O2.C16H12O4.C14H39N7P2/c1-16(2,3)20-14-7-4-13(5-8-14)6-9-15(19)18-11-10-17-12-18;1-9(16(18)19)10-6-7-14-12(8-10)15(17)11-4-2-3-5-13(11)20-14;1-14(2,3)15-22(17(4)5,18(6)7)16-23(19(8)9,20(10)11)21(12)13/h4-12H,1-3H3;2-9H,1H3,(H,18,19);1-13H3/b9-6+;;. The molecule has 1 unspecified atom stereocenters. The molecule has 17 heteroatoms. The summed E-state index contributed by atoms with van der Waals surface area (Å²) < 4.78 is 33.5. The third-order valence-corrected chi connectivity index (χ3v) is 17.8. The van der Waals surface area contributed by atoms with Crippen molar-refractivity contribution in [2.24, 2.45) is 4.52 Å². The van der Waals surface area contributed by atoms with Crippen LogP contribution in [0.4, 0.5) is 0 Å². The van der Waals surface area contributed by atoms with Crippen LogP contribution in [0, 0.1) is 0 Å². The molecular weight excluding hydrogens is 837 g/mol. The molecule has 3 aromatic carbocycles. The Morgan fingerprint density at radius 3 is 1.84 bits per heavy atom. The number of aliphatic carboxylic acids is 1. The van der Waals surface area contributed by atoms with E-state index in [1.165, 1.54) is 23.9 Å². The summed E-state index contributed by atoms with van der Waals surface area (Å²) in [5.74, 6) is -1.26. The Morgan fingerprint density at radius 1 is 0.810 bits per heavy atom. The zero-order valence-corrected chi connectivity index (χ0v) is 42.0. The molecule has 0 aliphatic rings. The van der Waals surface area contributed by atoms with Gasteiger partial charge in [-0.1, -0.05) is 37.3 Å². The van der Waals surface area contributed by atoms with E-state index < -0.39 is 26.9 Å². The number of nitrogens with zero attached hydrogens (tertiary/aromatic N) is 8. The Hall–Kier alpha value is -4.72. The molecule has 1 atom stereocenters. The number of carboxylic acid groups (broad SMARTS) is 1. The molecule has 0 fully saturated rings. The van der Waals surface area contributed by atoms with E-state index in [0.717, 1.165) is 11.3 Å². The second-order valence-electron chi connectivity index (χ2n) is 17.9. The van der Waals surface area contributed by atoms with Gasteiger partial charge in [0.25, 0.3) is 5.91 Å². The number of imidazole rings is 1. The second-order valence-corrected chi connectivity index (χ2v) is 25.1. The molecule has 2 heterocycles. The second kappa shape index (κ2) is 21.8. The van der Waals surface area contributed by atoms with Gasteiger partial charge in [0.1, 0.15) is 28.8 Å². The number of nitrogens with one attached hydrogen (secondary N) is 1. The number of fused-ring (bicyclic) bond motifs is 2. The molecule has 5 aromatic rings. The SMILES string of the molecule is CC(C(=O)[O-])c1ccc2oc3ccccc3c(=O)c2c1.CC(C)(C)Oc1ccc(/C=C/C(=O)n2ccnc2)cc1.CN(C)P(=NP(=[NH+]C(C)(C)C)(N(C)C)N(C)C)(N(C)C)N(C)C. The monoisotopic (exact) mass is 905 g/mol. The third kappa shape index (κ3) is 13.9. The Labute approximate surface area is 374 Å². The lowest BCUT2D eigenvalue weighted by molar-refractivity contribution is -0.524. The van der Waals surface area contributed by atoms with Crippen molar-refractivity contribution < 1.29 is 28.6 Å². The number of carboxylic acids is 1. The number of benzene rings is 3. The number of carbonyl (C=O) groups is 2. The van der Waals surface area contributed by atoms with Gasteiger partial charge in [0.2, 0.25) is 5.43 Å². The van der Waals surface area contributed by atoms with Crippen LogP contribution in [0.5, 0.6) is 5.75 Å². The van der Waals surface area contributed by atoms with E-state index >= 15 is 0 Å². The van der Waals surface area contributed by atoms with Gasteiger partial charge < -0.3 is 19.1 Å². The molecule has 0 bridgehead atoms. The van der Waals surface area contributed by atoms with Crippen molar-refractivity contribution in [3.63, 3.8) is 0 Å². The molecule has 0 aliphatic carbocycles. The number of para-hydroxylation sites is 1. The van der Waals surface area contributed by atoms with Gasteiger partial charge in [-0.2, -0.15) is 4.52 Å². The minimum Gasteiger partial charge on any atom is -0.550 e. The van der Waals surface area contributed by atoms with Gasteiger partial charge in [0.15, 0.2) is 13.0 Å². The fourth-order valence-corrected chi connectivity index (χ4v) is 15.4. The summed E-state index contributed by atoms with van der Waals surface area (Å²) in [6, 6.07) is 19.4. The van der Waals surface area contributed by atoms with Gasteiger partial charge >= 0.3 is 7.51 Å². The van der Waals surface area contributed by atoms with Crippen LogP contribution in [0.15, 0.2) is 105 Å². The highest BCUT2D eigenvalue weighted by Crippen LogP contribution is 2.65. The molecule has 2 aromatic heterocycles. The van der Waals surface area contributed by atoms with E-state index in [4.69, 9.17) is 13.7 Å². The first-order chi connectivity index (χ1) is 29.1. The van der Waals surface area contributed by atoms with Crippen LogP contribution in [0.1, 0.15) is 70.3 Å². The van der Waals surface area contributed by atoms with E-state index in [1.807, 2.05) is 45.0 Å². The number of rotatable bonds is 11. The number of aromatic nitrogens is 2. The predicted molar refractivity (Wildman–Crippen MR) is 258 cm³/mol. The van der Waals surface area contributed by atoms with Crippen LogP contribution in [-0.4, -0.2) is 126 Å². The number of hydrogen-bond acceptors (Lipinski definition) is 7. The third-order valence-electron chi connectivity index (χ3n) is 9.39. The number of carbonyl (C=O) groups excluding carboxylic acids is 2. The predicted octanol–water partition coefficient (Wildman–Crippen LogP) is 6.78. The molecule has 15 nitrogen and oxygen atoms in total. The lowest BCUT2D eigenvalue weighted by Crippen LogP contribution is -2.81. The molecule has 0 saturated heterocycles. The largest absolute Gasteiger partial charge is 0.550 e. The zero-order chi connectivity index (χ0) is 47.7. The first kappa shape index (κ1) is 52.6. The minimum atomic E-state index is -2.08. The van der Waals surface area contributed by atoms with Crippen molar-refractivity contribution in [2.45, 2.75) is 65.5 Å². The van der Waals surface area contributed by atoms with Crippen molar-refractivity contribution in [3.8, 4) is 5.75 Å². The van der Waals surface area contributed by atoms with E-state index in [0.29, 0.717) is 27.5 Å². The van der Waals surface area contributed by atoms with E-state index in [-0.39, 0.29) is 22.5 Å². The molecule has 0 amide bonds. The van der Waals surface area contributed by atoms with Crippen LogP contribution >= 0.6 is 15.0 Å². The molecule has 0 saturated carbocycles. The molecule has 5 rings (SSSR count). The molecule has 0 radical (unpaired) electrons.